The Balaban J connectivity index is 2.50. The number of hydrogen-bond donors (Lipinski definition) is 1. The second-order valence-electron chi connectivity index (χ2n) is 4.68. The van der Waals surface area contributed by atoms with E-state index in [1.54, 1.807) is 0 Å². The van der Waals surface area contributed by atoms with Crippen molar-refractivity contribution in [2.75, 3.05) is 39.3 Å². The molecule has 1 amide bonds. The second kappa shape index (κ2) is 5.98. The largest absolute Gasteiger partial charge is 0.395 e. The fourth-order valence-corrected chi connectivity index (χ4v) is 2.17. The molecule has 0 unspecified atom stereocenters. The molecule has 0 radical (unpaired) electrons. The second-order valence-corrected chi connectivity index (χ2v) is 6.67. The van der Waals surface area contributed by atoms with Crippen LogP contribution in [0.3, 0.4) is 0 Å². The van der Waals surface area contributed by atoms with Gasteiger partial charge in [0.05, 0.1) is 10.9 Å². The van der Waals surface area contributed by atoms with Gasteiger partial charge in [0, 0.05) is 26.2 Å². The Morgan fingerprint density at radius 3 is 2.56 bits per heavy atom. The number of halogens is 1. The van der Waals surface area contributed by atoms with Gasteiger partial charge in [0.15, 0.2) is 0 Å². The summed E-state index contributed by atoms with van der Waals surface area (Å²) in [4.78, 5) is 16.2. The average molecular weight is 293 g/mol. The Hall–Kier alpha value is -0.130. The molecule has 1 N–H and O–H groups in total. The predicted octanol–water partition coefficient (Wildman–Crippen LogP) is 0.687. The highest BCUT2D eigenvalue weighted by molar-refractivity contribution is 9.10. The molecule has 0 aromatic heterocycles. The van der Waals surface area contributed by atoms with E-state index in [9.17, 15) is 4.79 Å². The molecule has 1 saturated heterocycles. The number of nitrogens with zero attached hydrogens (tertiary/aromatic N) is 2. The molecule has 1 aliphatic rings. The van der Waals surface area contributed by atoms with Gasteiger partial charge in [-0.15, -0.1) is 0 Å². The van der Waals surface area contributed by atoms with Gasteiger partial charge in [-0.25, -0.2) is 0 Å². The van der Waals surface area contributed by atoms with Crippen molar-refractivity contribution in [3.63, 3.8) is 0 Å². The number of aliphatic hydroxyl groups excluding tert-OH is 1. The number of amides is 1. The number of carbonyl (C=O) groups is 1. The normalized spacial score (nSPS) is 19.6. The van der Waals surface area contributed by atoms with E-state index in [0.717, 1.165) is 32.6 Å². The minimum Gasteiger partial charge on any atom is -0.395 e. The first-order valence-corrected chi connectivity index (χ1v) is 6.56. The molecule has 1 fully saturated rings. The van der Waals surface area contributed by atoms with Gasteiger partial charge in [-0.2, -0.15) is 0 Å². The van der Waals surface area contributed by atoms with E-state index >= 15 is 0 Å². The van der Waals surface area contributed by atoms with E-state index in [-0.39, 0.29) is 12.5 Å². The number of alkyl halides is 1. The maximum Gasteiger partial charge on any atom is 0.238 e. The van der Waals surface area contributed by atoms with Crippen LogP contribution in [0.5, 0.6) is 0 Å². The number of carbonyl (C=O) groups excluding carboxylic acids is 1. The Morgan fingerprint density at radius 1 is 1.31 bits per heavy atom. The van der Waals surface area contributed by atoms with Gasteiger partial charge in [0.25, 0.3) is 0 Å². The molecule has 0 aromatic carbocycles. The van der Waals surface area contributed by atoms with E-state index in [0.29, 0.717) is 6.54 Å². The molecule has 16 heavy (non-hydrogen) atoms. The van der Waals surface area contributed by atoms with Gasteiger partial charge in [-0.3, -0.25) is 9.69 Å². The van der Waals surface area contributed by atoms with Gasteiger partial charge < -0.3 is 10.0 Å². The maximum absolute atomic E-state index is 12.0. The lowest BCUT2D eigenvalue weighted by atomic mass is 10.2. The topological polar surface area (TPSA) is 43.8 Å². The van der Waals surface area contributed by atoms with Crippen molar-refractivity contribution in [3.05, 3.63) is 0 Å². The van der Waals surface area contributed by atoms with Gasteiger partial charge in [0.1, 0.15) is 0 Å². The quantitative estimate of drug-likeness (QED) is 0.779. The highest BCUT2D eigenvalue weighted by Gasteiger charge is 2.29. The van der Waals surface area contributed by atoms with Crippen LogP contribution in [0.4, 0.5) is 0 Å². The highest BCUT2D eigenvalue weighted by atomic mass is 79.9. The van der Waals surface area contributed by atoms with Crippen molar-refractivity contribution in [1.82, 2.24) is 9.80 Å². The summed E-state index contributed by atoms with van der Waals surface area (Å²) in [6, 6.07) is 0. The zero-order valence-electron chi connectivity index (χ0n) is 10.1. The summed E-state index contributed by atoms with van der Waals surface area (Å²) in [5, 5.41) is 8.88. The molecule has 0 saturated carbocycles. The van der Waals surface area contributed by atoms with E-state index in [2.05, 4.69) is 20.8 Å². The van der Waals surface area contributed by atoms with Crippen LogP contribution in [0.2, 0.25) is 0 Å². The molecule has 1 aliphatic heterocycles. The minimum atomic E-state index is -0.473. The van der Waals surface area contributed by atoms with E-state index in [1.807, 2.05) is 18.7 Å². The molecule has 1 rings (SSSR count). The lowest BCUT2D eigenvalue weighted by molar-refractivity contribution is -0.132. The zero-order valence-corrected chi connectivity index (χ0v) is 11.7. The molecule has 0 bridgehead atoms. The van der Waals surface area contributed by atoms with Crippen LogP contribution in [-0.2, 0) is 4.79 Å². The molecule has 4 nitrogen and oxygen atoms in total. The molecular formula is C11H21BrN2O2. The molecule has 5 heteroatoms. The van der Waals surface area contributed by atoms with Crippen LogP contribution in [0.25, 0.3) is 0 Å². The molecule has 94 valence electrons. The smallest absolute Gasteiger partial charge is 0.238 e. The van der Waals surface area contributed by atoms with Crippen molar-refractivity contribution in [1.29, 1.82) is 0 Å². The predicted molar refractivity (Wildman–Crippen MR) is 67.7 cm³/mol. The first-order chi connectivity index (χ1) is 7.45. The third-order valence-electron chi connectivity index (χ3n) is 2.80. The fourth-order valence-electron chi connectivity index (χ4n) is 1.92. The fraction of sp³-hybridized carbons (Fsp3) is 0.909. The molecule has 0 atom stereocenters. The summed E-state index contributed by atoms with van der Waals surface area (Å²) >= 11 is 3.41. The maximum atomic E-state index is 12.0. The monoisotopic (exact) mass is 292 g/mol. The zero-order chi connectivity index (χ0) is 12.2. The Kier molecular flexibility index (Phi) is 5.21. The van der Waals surface area contributed by atoms with E-state index in [1.165, 1.54) is 0 Å². The van der Waals surface area contributed by atoms with Crippen molar-refractivity contribution in [2.24, 2.45) is 0 Å². The SMILES string of the molecule is CC(C)(Br)C(=O)N1CCCN(CCO)CC1. The summed E-state index contributed by atoms with van der Waals surface area (Å²) in [5.41, 5.74) is 0. The molecular weight excluding hydrogens is 272 g/mol. The van der Waals surface area contributed by atoms with Crippen LogP contribution < -0.4 is 0 Å². The first kappa shape index (κ1) is 13.9. The van der Waals surface area contributed by atoms with Gasteiger partial charge in [0.2, 0.25) is 5.91 Å². The molecule has 0 spiro atoms. The van der Waals surface area contributed by atoms with Crippen molar-refractivity contribution in [3.8, 4) is 0 Å². The number of β-amino-alcohol motifs (C(OH)–C–C–N with tert-alkyl or cyclic N) is 1. The van der Waals surface area contributed by atoms with E-state index in [4.69, 9.17) is 5.11 Å². The van der Waals surface area contributed by atoms with Crippen molar-refractivity contribution >= 4 is 21.8 Å². The molecule has 0 aromatic rings. The summed E-state index contributed by atoms with van der Waals surface area (Å²) < 4.78 is -0.473. The minimum absolute atomic E-state index is 0.151. The van der Waals surface area contributed by atoms with Crippen LogP contribution in [0.1, 0.15) is 20.3 Å². The van der Waals surface area contributed by atoms with Gasteiger partial charge in [-0.1, -0.05) is 15.9 Å². The number of hydrogen-bond acceptors (Lipinski definition) is 3. The Bertz CT molecular complexity index is 241. The standard InChI is InChI=1S/C11H21BrN2O2/c1-11(2,12)10(16)14-5-3-4-13(6-7-14)8-9-15/h15H,3-9H2,1-2H3. The molecule has 0 aliphatic carbocycles. The number of aliphatic hydroxyl groups is 1. The lowest BCUT2D eigenvalue weighted by Crippen LogP contribution is -2.43. The van der Waals surface area contributed by atoms with Crippen LogP contribution in [0.15, 0.2) is 0 Å². The Labute approximate surface area is 106 Å². The van der Waals surface area contributed by atoms with Crippen molar-refractivity contribution in [2.45, 2.75) is 24.6 Å². The Morgan fingerprint density at radius 2 is 2.00 bits per heavy atom. The summed E-state index contributed by atoms with van der Waals surface area (Å²) in [6.07, 6.45) is 0.981. The van der Waals surface area contributed by atoms with E-state index < -0.39 is 4.32 Å². The average Bonchev–Trinajstić information content (AvgIpc) is 2.41. The first-order valence-electron chi connectivity index (χ1n) is 5.76. The van der Waals surface area contributed by atoms with Crippen LogP contribution >= 0.6 is 15.9 Å². The van der Waals surface area contributed by atoms with Crippen LogP contribution in [-0.4, -0.2) is 64.5 Å². The lowest BCUT2D eigenvalue weighted by Gasteiger charge is -2.27. The number of rotatable bonds is 3. The third kappa shape index (κ3) is 4.03. The highest BCUT2D eigenvalue weighted by Crippen LogP contribution is 2.20. The molecule has 1 heterocycles. The summed E-state index contributed by atoms with van der Waals surface area (Å²) in [5.74, 6) is 0.151. The van der Waals surface area contributed by atoms with Gasteiger partial charge >= 0.3 is 0 Å². The summed E-state index contributed by atoms with van der Waals surface area (Å²) in [7, 11) is 0. The van der Waals surface area contributed by atoms with Gasteiger partial charge in [-0.05, 0) is 26.8 Å². The third-order valence-corrected chi connectivity index (χ3v) is 3.14. The summed E-state index contributed by atoms with van der Waals surface area (Å²) in [6.45, 7) is 8.06. The van der Waals surface area contributed by atoms with Crippen LogP contribution in [0, 0.1) is 0 Å². The van der Waals surface area contributed by atoms with Crippen molar-refractivity contribution < 1.29 is 9.90 Å².